The van der Waals surface area contributed by atoms with Crippen LogP contribution in [-0.4, -0.2) is 48.1 Å². The quantitative estimate of drug-likeness (QED) is 0.428. The fourth-order valence-electron chi connectivity index (χ4n) is 4.77. The SMILES string of the molecule is CN(CCN1CCC(c2c[nH]c3ccc(F)cc23)CC1)c1cccc(-c2cc[nH]c2)c1. The molecule has 0 saturated carbocycles. The number of nitrogens with zero attached hydrogens (tertiary/aromatic N) is 2. The normalized spacial score (nSPS) is 15.5. The Bertz CT molecular complexity index is 1140. The van der Waals surface area contributed by atoms with E-state index in [0.717, 1.165) is 49.9 Å². The zero-order chi connectivity index (χ0) is 21.2. The second kappa shape index (κ2) is 8.60. The predicted octanol–water partition coefficient (Wildman–Crippen LogP) is 5.62. The van der Waals surface area contributed by atoms with Crippen LogP contribution in [0.5, 0.6) is 0 Å². The van der Waals surface area contributed by atoms with E-state index < -0.39 is 0 Å². The van der Waals surface area contributed by atoms with Crippen molar-refractivity contribution in [2.75, 3.05) is 38.1 Å². The van der Waals surface area contributed by atoms with Gasteiger partial charge >= 0.3 is 0 Å². The lowest BCUT2D eigenvalue weighted by Crippen LogP contribution is -2.38. The summed E-state index contributed by atoms with van der Waals surface area (Å²) >= 11 is 0. The number of nitrogens with one attached hydrogen (secondary N) is 2. The van der Waals surface area contributed by atoms with Crippen molar-refractivity contribution < 1.29 is 4.39 Å². The van der Waals surface area contributed by atoms with Gasteiger partial charge in [-0.25, -0.2) is 4.39 Å². The smallest absolute Gasteiger partial charge is 0.123 e. The maximum absolute atomic E-state index is 13.7. The largest absolute Gasteiger partial charge is 0.373 e. The molecule has 31 heavy (non-hydrogen) atoms. The topological polar surface area (TPSA) is 38.1 Å². The van der Waals surface area contributed by atoms with Crippen molar-refractivity contribution in [3.05, 3.63) is 78.5 Å². The van der Waals surface area contributed by atoms with Gasteiger partial charge in [0.2, 0.25) is 0 Å². The van der Waals surface area contributed by atoms with Gasteiger partial charge in [0.25, 0.3) is 0 Å². The zero-order valence-corrected chi connectivity index (χ0v) is 17.9. The van der Waals surface area contributed by atoms with Gasteiger partial charge in [-0.15, -0.1) is 0 Å². The molecule has 0 atom stereocenters. The number of hydrogen-bond acceptors (Lipinski definition) is 2. The van der Waals surface area contributed by atoms with Gasteiger partial charge in [0.1, 0.15) is 5.82 Å². The van der Waals surface area contributed by atoms with Crippen LogP contribution in [0.4, 0.5) is 10.1 Å². The lowest BCUT2D eigenvalue weighted by Gasteiger charge is -2.33. The number of fused-ring (bicyclic) bond motifs is 1. The Morgan fingerprint density at radius 2 is 1.90 bits per heavy atom. The maximum Gasteiger partial charge on any atom is 0.123 e. The van der Waals surface area contributed by atoms with Gasteiger partial charge in [0.15, 0.2) is 0 Å². The van der Waals surface area contributed by atoms with Crippen LogP contribution in [0.15, 0.2) is 67.1 Å². The Kier molecular flexibility index (Phi) is 5.51. The van der Waals surface area contributed by atoms with Crippen LogP contribution in [0, 0.1) is 5.82 Å². The molecule has 0 spiro atoms. The molecule has 0 amide bonds. The first-order valence-corrected chi connectivity index (χ1v) is 11.1. The summed E-state index contributed by atoms with van der Waals surface area (Å²) in [4.78, 5) is 11.3. The minimum atomic E-state index is -0.158. The average molecular weight is 417 g/mol. The summed E-state index contributed by atoms with van der Waals surface area (Å²) in [6.07, 6.45) is 8.31. The summed E-state index contributed by atoms with van der Waals surface area (Å²) in [7, 11) is 2.17. The highest BCUT2D eigenvalue weighted by Gasteiger charge is 2.23. The summed E-state index contributed by atoms with van der Waals surface area (Å²) in [5.41, 5.74) is 6.00. The van der Waals surface area contributed by atoms with Gasteiger partial charge in [-0.3, -0.25) is 0 Å². The molecule has 160 valence electrons. The number of aromatic nitrogens is 2. The second-order valence-corrected chi connectivity index (χ2v) is 8.62. The number of likely N-dealkylation sites (tertiary alicyclic amines) is 1. The van der Waals surface area contributed by atoms with E-state index in [-0.39, 0.29) is 5.82 Å². The van der Waals surface area contributed by atoms with E-state index in [9.17, 15) is 4.39 Å². The fraction of sp³-hybridized carbons (Fsp3) is 0.308. The van der Waals surface area contributed by atoms with E-state index in [0.29, 0.717) is 5.92 Å². The standard InChI is InChI=1S/C26H29FN4/c1-30(23-4-2-3-20(15-23)21-7-10-28-17-21)13-14-31-11-8-19(9-12-31)25-18-29-26-6-5-22(27)16-24(25)26/h2-7,10,15-19,28-29H,8-9,11-14H2,1H3. The highest BCUT2D eigenvalue weighted by atomic mass is 19.1. The van der Waals surface area contributed by atoms with Crippen molar-refractivity contribution >= 4 is 16.6 Å². The van der Waals surface area contributed by atoms with E-state index >= 15 is 0 Å². The zero-order valence-electron chi connectivity index (χ0n) is 17.9. The first-order valence-electron chi connectivity index (χ1n) is 11.1. The van der Waals surface area contributed by atoms with Gasteiger partial charge in [0, 0.05) is 55.3 Å². The van der Waals surface area contributed by atoms with Crippen LogP contribution in [-0.2, 0) is 0 Å². The molecule has 5 rings (SSSR count). The lowest BCUT2D eigenvalue weighted by molar-refractivity contribution is 0.217. The van der Waals surface area contributed by atoms with Gasteiger partial charge in [-0.2, -0.15) is 0 Å². The Balaban J connectivity index is 1.17. The Hall–Kier alpha value is -3.05. The van der Waals surface area contributed by atoms with Crippen molar-refractivity contribution in [2.45, 2.75) is 18.8 Å². The van der Waals surface area contributed by atoms with Crippen molar-refractivity contribution in [3.63, 3.8) is 0 Å². The average Bonchev–Trinajstić information content (AvgIpc) is 3.48. The molecule has 0 bridgehead atoms. The number of H-pyrrole nitrogens is 2. The van der Waals surface area contributed by atoms with E-state index in [4.69, 9.17) is 0 Å². The molecule has 4 aromatic rings. The minimum Gasteiger partial charge on any atom is -0.373 e. The predicted molar refractivity (Wildman–Crippen MR) is 126 cm³/mol. The highest BCUT2D eigenvalue weighted by Crippen LogP contribution is 2.33. The molecule has 3 heterocycles. The minimum absolute atomic E-state index is 0.158. The number of benzene rings is 2. The molecule has 2 aromatic heterocycles. The fourth-order valence-corrected chi connectivity index (χ4v) is 4.77. The molecular formula is C26H29FN4. The van der Waals surface area contributed by atoms with Gasteiger partial charge in [0.05, 0.1) is 0 Å². The molecule has 1 aliphatic heterocycles. The highest BCUT2D eigenvalue weighted by molar-refractivity contribution is 5.83. The third-order valence-corrected chi connectivity index (χ3v) is 6.67. The van der Waals surface area contributed by atoms with Crippen molar-refractivity contribution in [1.29, 1.82) is 0 Å². The molecule has 5 heteroatoms. The van der Waals surface area contributed by atoms with Crippen molar-refractivity contribution in [2.24, 2.45) is 0 Å². The molecule has 0 aliphatic carbocycles. The third-order valence-electron chi connectivity index (χ3n) is 6.67. The third kappa shape index (κ3) is 4.23. The molecule has 0 unspecified atom stereocenters. The molecule has 2 N–H and O–H groups in total. The number of piperidine rings is 1. The van der Waals surface area contributed by atoms with Crippen molar-refractivity contribution in [3.8, 4) is 11.1 Å². The van der Waals surface area contributed by atoms with Crippen LogP contribution in [0.1, 0.15) is 24.3 Å². The molecular weight excluding hydrogens is 387 g/mol. The number of aromatic amines is 2. The number of hydrogen-bond donors (Lipinski definition) is 2. The van der Waals surface area contributed by atoms with Crippen LogP contribution in [0.25, 0.3) is 22.0 Å². The van der Waals surface area contributed by atoms with Crippen LogP contribution < -0.4 is 4.90 Å². The molecule has 4 nitrogen and oxygen atoms in total. The monoisotopic (exact) mass is 416 g/mol. The molecule has 0 radical (unpaired) electrons. The Morgan fingerprint density at radius 3 is 2.71 bits per heavy atom. The first kappa shape index (κ1) is 19.9. The number of likely N-dealkylation sites (N-methyl/N-ethyl adjacent to an activating group) is 1. The lowest BCUT2D eigenvalue weighted by atomic mass is 9.89. The summed E-state index contributed by atoms with van der Waals surface area (Å²) in [5.74, 6) is 0.344. The summed E-state index contributed by atoms with van der Waals surface area (Å²) < 4.78 is 13.7. The van der Waals surface area contributed by atoms with Crippen molar-refractivity contribution in [1.82, 2.24) is 14.9 Å². The Morgan fingerprint density at radius 1 is 1.03 bits per heavy atom. The second-order valence-electron chi connectivity index (χ2n) is 8.62. The van der Waals surface area contributed by atoms with E-state index in [1.165, 1.54) is 28.4 Å². The van der Waals surface area contributed by atoms with Crippen LogP contribution >= 0.6 is 0 Å². The van der Waals surface area contributed by atoms with E-state index in [2.05, 4.69) is 63.3 Å². The Labute approximate surface area is 182 Å². The number of anilines is 1. The number of halogens is 1. The van der Waals surface area contributed by atoms with Crippen LogP contribution in [0.3, 0.4) is 0 Å². The summed E-state index contributed by atoms with van der Waals surface area (Å²) in [5, 5.41) is 1.04. The van der Waals surface area contributed by atoms with Gasteiger partial charge in [-0.05, 0) is 84.9 Å². The van der Waals surface area contributed by atoms with Gasteiger partial charge < -0.3 is 19.8 Å². The van der Waals surface area contributed by atoms with Crippen LogP contribution in [0.2, 0.25) is 0 Å². The molecule has 1 aliphatic rings. The summed E-state index contributed by atoms with van der Waals surface area (Å²) in [6, 6.07) is 15.9. The van der Waals surface area contributed by atoms with Gasteiger partial charge in [-0.1, -0.05) is 12.1 Å². The molecule has 2 aromatic carbocycles. The molecule has 1 saturated heterocycles. The first-order chi connectivity index (χ1) is 15.2. The molecule has 1 fully saturated rings. The maximum atomic E-state index is 13.7. The summed E-state index contributed by atoms with van der Waals surface area (Å²) in [6.45, 7) is 4.23. The number of rotatable bonds is 6. The van der Waals surface area contributed by atoms with E-state index in [1.54, 1.807) is 6.07 Å². The van der Waals surface area contributed by atoms with E-state index in [1.807, 2.05) is 18.5 Å².